The third-order valence-corrected chi connectivity index (χ3v) is 4.32. The number of fused-ring (bicyclic) bond motifs is 1. The van der Waals surface area contributed by atoms with Crippen LogP contribution >= 0.6 is 0 Å². The van der Waals surface area contributed by atoms with Gasteiger partial charge in [0.2, 0.25) is 0 Å². The number of hydrogen-bond acceptors (Lipinski definition) is 8. The molecule has 0 radical (unpaired) electrons. The summed E-state index contributed by atoms with van der Waals surface area (Å²) in [4.78, 5) is 28.4. The molecule has 3 heterocycles. The van der Waals surface area contributed by atoms with Gasteiger partial charge in [0.25, 0.3) is 5.71 Å². The monoisotopic (exact) mass is 422 g/mol. The SMILES string of the molecule is O=C(NCCc1nc2c(NCc3ncccc3F)ncnc2o1)OCc1ccccc1. The highest BCUT2D eigenvalue weighted by atomic mass is 19.1. The second-order valence-electron chi connectivity index (χ2n) is 6.51. The Balaban J connectivity index is 1.31. The number of halogens is 1. The van der Waals surface area contributed by atoms with Gasteiger partial charge < -0.3 is 19.8 Å². The zero-order valence-electron chi connectivity index (χ0n) is 16.4. The predicted octanol–water partition coefficient (Wildman–Crippen LogP) is 3.23. The maximum Gasteiger partial charge on any atom is 0.407 e. The Bertz CT molecular complexity index is 1170. The smallest absolute Gasteiger partial charge is 0.407 e. The molecule has 0 bridgehead atoms. The Morgan fingerprint density at radius 2 is 1.97 bits per heavy atom. The lowest BCUT2D eigenvalue weighted by Crippen LogP contribution is -2.26. The van der Waals surface area contributed by atoms with E-state index < -0.39 is 11.9 Å². The molecule has 0 aliphatic rings. The van der Waals surface area contributed by atoms with E-state index in [-0.39, 0.29) is 25.4 Å². The molecule has 1 aromatic carbocycles. The standard InChI is InChI=1S/C21H19FN6O3/c22-15-7-4-9-23-16(15)11-25-19-18-20(27-13-26-19)31-17(28-18)8-10-24-21(29)30-12-14-5-2-1-3-6-14/h1-7,9,13H,8,10-12H2,(H,24,29)(H,25,26,27). The highest BCUT2D eigenvalue weighted by molar-refractivity contribution is 5.80. The summed E-state index contributed by atoms with van der Waals surface area (Å²) in [6.07, 6.45) is 2.65. The minimum atomic E-state index is -0.528. The molecule has 9 nitrogen and oxygen atoms in total. The molecule has 2 N–H and O–H groups in total. The van der Waals surface area contributed by atoms with Crippen LogP contribution in [-0.4, -0.2) is 32.6 Å². The number of ether oxygens (including phenoxy) is 1. The van der Waals surface area contributed by atoms with Crippen LogP contribution in [0.25, 0.3) is 11.2 Å². The number of anilines is 1. The molecule has 0 fully saturated rings. The maximum atomic E-state index is 13.8. The fraction of sp³-hybridized carbons (Fsp3) is 0.190. The van der Waals surface area contributed by atoms with Crippen LogP contribution in [0.1, 0.15) is 17.1 Å². The Morgan fingerprint density at radius 3 is 2.81 bits per heavy atom. The molecule has 0 saturated heterocycles. The summed E-state index contributed by atoms with van der Waals surface area (Å²) < 4.78 is 24.5. The van der Waals surface area contributed by atoms with E-state index in [1.165, 1.54) is 24.7 Å². The van der Waals surface area contributed by atoms with Gasteiger partial charge in [-0.3, -0.25) is 4.98 Å². The summed E-state index contributed by atoms with van der Waals surface area (Å²) in [5.41, 5.74) is 1.87. The summed E-state index contributed by atoms with van der Waals surface area (Å²) in [6, 6.07) is 12.3. The molecule has 3 aromatic heterocycles. The summed E-state index contributed by atoms with van der Waals surface area (Å²) in [6.45, 7) is 0.600. The van der Waals surface area contributed by atoms with Gasteiger partial charge in [-0.1, -0.05) is 30.3 Å². The minimum absolute atomic E-state index is 0.135. The van der Waals surface area contributed by atoms with Crippen molar-refractivity contribution in [3.8, 4) is 0 Å². The Hall–Kier alpha value is -4.08. The minimum Gasteiger partial charge on any atom is -0.445 e. The molecule has 10 heteroatoms. The molecule has 1 amide bonds. The molecular formula is C21H19FN6O3. The summed E-state index contributed by atoms with van der Waals surface area (Å²) in [5, 5.41) is 5.65. The second kappa shape index (κ2) is 9.61. The van der Waals surface area contributed by atoms with Crippen molar-refractivity contribution in [2.75, 3.05) is 11.9 Å². The van der Waals surface area contributed by atoms with Crippen LogP contribution < -0.4 is 10.6 Å². The number of aromatic nitrogens is 4. The number of carbonyl (C=O) groups is 1. The van der Waals surface area contributed by atoms with Gasteiger partial charge in [-0.05, 0) is 17.7 Å². The van der Waals surface area contributed by atoms with Crippen LogP contribution in [0.15, 0.2) is 59.4 Å². The van der Waals surface area contributed by atoms with Gasteiger partial charge in [0.15, 0.2) is 17.2 Å². The van der Waals surface area contributed by atoms with Gasteiger partial charge in [0, 0.05) is 19.2 Å². The summed E-state index contributed by atoms with van der Waals surface area (Å²) in [7, 11) is 0. The van der Waals surface area contributed by atoms with Crippen molar-refractivity contribution in [1.82, 2.24) is 25.3 Å². The molecule has 4 rings (SSSR count). The number of amides is 1. The highest BCUT2D eigenvalue weighted by Gasteiger charge is 2.13. The topological polar surface area (TPSA) is 115 Å². The van der Waals surface area contributed by atoms with E-state index in [9.17, 15) is 9.18 Å². The number of alkyl carbamates (subject to hydrolysis) is 1. The number of carbonyl (C=O) groups excluding carboxylic acids is 1. The van der Waals surface area contributed by atoms with Crippen LogP contribution in [0.2, 0.25) is 0 Å². The van der Waals surface area contributed by atoms with Crippen LogP contribution in [0.4, 0.5) is 15.0 Å². The first-order chi connectivity index (χ1) is 15.2. The van der Waals surface area contributed by atoms with Gasteiger partial charge in [-0.25, -0.2) is 19.2 Å². The Morgan fingerprint density at radius 1 is 1.10 bits per heavy atom. The van der Waals surface area contributed by atoms with Gasteiger partial charge in [-0.15, -0.1) is 0 Å². The molecule has 0 aliphatic carbocycles. The average Bonchev–Trinajstić information content (AvgIpc) is 3.21. The number of rotatable bonds is 8. The van der Waals surface area contributed by atoms with Gasteiger partial charge in [-0.2, -0.15) is 4.98 Å². The highest BCUT2D eigenvalue weighted by Crippen LogP contribution is 2.20. The van der Waals surface area contributed by atoms with Gasteiger partial charge in [0.1, 0.15) is 18.8 Å². The van der Waals surface area contributed by atoms with E-state index in [4.69, 9.17) is 9.15 Å². The van der Waals surface area contributed by atoms with E-state index in [2.05, 4.69) is 30.6 Å². The first-order valence-corrected chi connectivity index (χ1v) is 9.57. The number of nitrogens with one attached hydrogen (secondary N) is 2. The third-order valence-electron chi connectivity index (χ3n) is 4.32. The van der Waals surface area contributed by atoms with Gasteiger partial charge in [0.05, 0.1) is 12.2 Å². The molecule has 0 unspecified atom stereocenters. The molecular weight excluding hydrogens is 403 g/mol. The van der Waals surface area contributed by atoms with Crippen molar-refractivity contribution in [2.24, 2.45) is 0 Å². The number of nitrogens with zero attached hydrogens (tertiary/aromatic N) is 4. The first kappa shape index (κ1) is 20.2. The van der Waals surface area contributed by atoms with Crippen LogP contribution in [0, 0.1) is 5.82 Å². The van der Waals surface area contributed by atoms with Crippen molar-refractivity contribution in [3.05, 3.63) is 78.0 Å². The van der Waals surface area contributed by atoms with Crippen molar-refractivity contribution in [1.29, 1.82) is 0 Å². The van der Waals surface area contributed by atoms with Crippen LogP contribution in [-0.2, 0) is 24.3 Å². The van der Waals surface area contributed by atoms with Crippen molar-refractivity contribution in [3.63, 3.8) is 0 Å². The van der Waals surface area contributed by atoms with Crippen LogP contribution in [0.3, 0.4) is 0 Å². The fourth-order valence-electron chi connectivity index (χ4n) is 2.80. The number of pyridine rings is 1. The maximum absolute atomic E-state index is 13.8. The largest absolute Gasteiger partial charge is 0.445 e. The molecule has 0 spiro atoms. The Labute approximate surface area is 176 Å². The lowest BCUT2D eigenvalue weighted by molar-refractivity contribution is 0.139. The first-order valence-electron chi connectivity index (χ1n) is 9.57. The van der Waals surface area contributed by atoms with Crippen molar-refractivity contribution < 1.29 is 18.3 Å². The zero-order chi connectivity index (χ0) is 21.5. The lowest BCUT2D eigenvalue weighted by Gasteiger charge is -2.06. The lowest BCUT2D eigenvalue weighted by atomic mass is 10.2. The van der Waals surface area contributed by atoms with E-state index in [0.717, 1.165) is 5.56 Å². The van der Waals surface area contributed by atoms with E-state index >= 15 is 0 Å². The molecule has 31 heavy (non-hydrogen) atoms. The van der Waals surface area contributed by atoms with Crippen molar-refractivity contribution >= 4 is 23.1 Å². The Kier molecular flexibility index (Phi) is 6.26. The number of oxazole rings is 1. The molecule has 0 aliphatic heterocycles. The molecule has 4 aromatic rings. The third kappa shape index (κ3) is 5.30. The molecule has 0 atom stereocenters. The van der Waals surface area contributed by atoms with Crippen LogP contribution in [0.5, 0.6) is 0 Å². The van der Waals surface area contributed by atoms with E-state index in [1.54, 1.807) is 0 Å². The predicted molar refractivity (Wildman–Crippen MR) is 109 cm³/mol. The van der Waals surface area contributed by atoms with E-state index in [0.29, 0.717) is 29.4 Å². The molecule has 158 valence electrons. The fourth-order valence-corrected chi connectivity index (χ4v) is 2.80. The summed E-state index contributed by atoms with van der Waals surface area (Å²) >= 11 is 0. The normalized spacial score (nSPS) is 10.7. The zero-order valence-corrected chi connectivity index (χ0v) is 16.4. The number of hydrogen-bond donors (Lipinski definition) is 2. The molecule has 0 saturated carbocycles. The quantitative estimate of drug-likeness (QED) is 0.445. The van der Waals surface area contributed by atoms with Gasteiger partial charge >= 0.3 is 6.09 Å². The summed E-state index contributed by atoms with van der Waals surface area (Å²) in [5.74, 6) is 0.373. The average molecular weight is 422 g/mol. The van der Waals surface area contributed by atoms with E-state index in [1.807, 2.05) is 30.3 Å². The van der Waals surface area contributed by atoms with Crippen molar-refractivity contribution in [2.45, 2.75) is 19.6 Å². The second-order valence-corrected chi connectivity index (χ2v) is 6.51. The number of benzene rings is 1.